The van der Waals surface area contributed by atoms with E-state index in [9.17, 15) is 4.79 Å². The minimum absolute atomic E-state index is 0.0393. The number of halogens is 1. The molecule has 23 heavy (non-hydrogen) atoms. The van der Waals surface area contributed by atoms with Gasteiger partial charge in [0.1, 0.15) is 6.54 Å². The van der Waals surface area contributed by atoms with Gasteiger partial charge in [0.2, 0.25) is 11.7 Å². The van der Waals surface area contributed by atoms with Crippen molar-refractivity contribution in [3.63, 3.8) is 0 Å². The van der Waals surface area contributed by atoms with Crippen molar-refractivity contribution < 1.29 is 4.79 Å². The van der Waals surface area contributed by atoms with Crippen molar-refractivity contribution in [1.29, 1.82) is 0 Å². The molecule has 120 valence electrons. The second kappa shape index (κ2) is 5.92. The monoisotopic (exact) mass is 331 g/mol. The molecule has 2 aliphatic carbocycles. The molecule has 2 fully saturated rings. The molecule has 2 aromatic rings. The molecule has 0 aliphatic heterocycles. The molecular formula is C16H18ClN5O. The molecule has 3 atom stereocenters. The predicted octanol–water partition coefficient (Wildman–Crippen LogP) is 2.30. The molecule has 4 rings (SSSR count). The Morgan fingerprint density at radius 3 is 2.78 bits per heavy atom. The molecule has 0 saturated heterocycles. The highest BCUT2D eigenvalue weighted by Gasteiger charge is 2.40. The van der Waals surface area contributed by atoms with Crippen LogP contribution in [0.1, 0.15) is 25.7 Å². The molecule has 1 heterocycles. The van der Waals surface area contributed by atoms with E-state index >= 15 is 0 Å². The van der Waals surface area contributed by atoms with Gasteiger partial charge in [-0.15, -0.1) is 10.2 Å². The van der Waals surface area contributed by atoms with Gasteiger partial charge >= 0.3 is 0 Å². The van der Waals surface area contributed by atoms with Crippen LogP contribution in [0.3, 0.4) is 0 Å². The number of tetrazole rings is 1. The Hall–Kier alpha value is -1.95. The van der Waals surface area contributed by atoms with Crippen LogP contribution < -0.4 is 5.32 Å². The summed E-state index contributed by atoms with van der Waals surface area (Å²) in [5.41, 5.74) is 0.828. The van der Waals surface area contributed by atoms with Crippen LogP contribution >= 0.6 is 11.6 Å². The van der Waals surface area contributed by atoms with Gasteiger partial charge in [0.05, 0.1) is 0 Å². The van der Waals surface area contributed by atoms with E-state index in [4.69, 9.17) is 11.6 Å². The molecule has 1 N–H and O–H groups in total. The lowest BCUT2D eigenvalue weighted by Gasteiger charge is -2.22. The van der Waals surface area contributed by atoms with E-state index in [0.29, 0.717) is 22.8 Å². The molecule has 6 nitrogen and oxygen atoms in total. The lowest BCUT2D eigenvalue weighted by molar-refractivity contribution is -0.123. The van der Waals surface area contributed by atoms with E-state index in [-0.39, 0.29) is 12.5 Å². The van der Waals surface area contributed by atoms with Crippen LogP contribution in [0, 0.1) is 11.8 Å². The van der Waals surface area contributed by atoms with Crippen LogP contribution in [0.15, 0.2) is 24.3 Å². The molecule has 2 aliphatic rings. The number of fused-ring (bicyclic) bond motifs is 2. The van der Waals surface area contributed by atoms with Gasteiger partial charge in [-0.05, 0) is 60.6 Å². The highest BCUT2D eigenvalue weighted by Crippen LogP contribution is 2.44. The van der Waals surface area contributed by atoms with E-state index in [2.05, 4.69) is 20.7 Å². The molecule has 2 bridgehead atoms. The molecule has 0 radical (unpaired) electrons. The molecule has 2 saturated carbocycles. The van der Waals surface area contributed by atoms with E-state index in [0.717, 1.165) is 17.9 Å². The lowest BCUT2D eigenvalue weighted by atomic mass is 9.95. The summed E-state index contributed by atoms with van der Waals surface area (Å²) in [6.45, 7) is 0.106. The highest BCUT2D eigenvalue weighted by molar-refractivity contribution is 6.30. The van der Waals surface area contributed by atoms with Crippen LogP contribution in [0.2, 0.25) is 5.02 Å². The van der Waals surface area contributed by atoms with Crippen molar-refractivity contribution in [3.8, 4) is 11.4 Å². The average molecular weight is 332 g/mol. The molecule has 0 unspecified atom stereocenters. The summed E-state index contributed by atoms with van der Waals surface area (Å²) in [5.74, 6) is 1.93. The minimum Gasteiger partial charge on any atom is -0.351 e. The minimum atomic E-state index is -0.0393. The first kappa shape index (κ1) is 14.6. The zero-order valence-electron chi connectivity index (χ0n) is 12.7. The Kier molecular flexibility index (Phi) is 3.77. The second-order valence-corrected chi connectivity index (χ2v) is 6.94. The third-order valence-corrected chi connectivity index (χ3v) is 5.18. The first-order chi connectivity index (χ1) is 11.2. The maximum absolute atomic E-state index is 12.2. The van der Waals surface area contributed by atoms with Crippen molar-refractivity contribution in [2.45, 2.75) is 38.3 Å². The van der Waals surface area contributed by atoms with Crippen LogP contribution in [0.5, 0.6) is 0 Å². The fourth-order valence-electron chi connectivity index (χ4n) is 3.83. The van der Waals surface area contributed by atoms with Gasteiger partial charge in [-0.3, -0.25) is 4.79 Å². The number of hydrogen-bond acceptors (Lipinski definition) is 4. The van der Waals surface area contributed by atoms with Gasteiger partial charge < -0.3 is 5.32 Å². The van der Waals surface area contributed by atoms with Crippen molar-refractivity contribution in [1.82, 2.24) is 25.5 Å². The maximum Gasteiger partial charge on any atom is 0.243 e. The van der Waals surface area contributed by atoms with Crippen LogP contribution in [-0.4, -0.2) is 32.2 Å². The number of carbonyl (C=O) groups is 1. The number of hydrogen-bond donors (Lipinski definition) is 1. The van der Waals surface area contributed by atoms with Crippen molar-refractivity contribution in [2.75, 3.05) is 0 Å². The Labute approximate surface area is 139 Å². The van der Waals surface area contributed by atoms with Gasteiger partial charge in [-0.2, -0.15) is 4.80 Å². The first-order valence-electron chi connectivity index (χ1n) is 8.00. The number of aromatic nitrogens is 4. The number of carbonyl (C=O) groups excluding carboxylic acids is 1. The second-order valence-electron chi connectivity index (χ2n) is 6.50. The van der Waals surface area contributed by atoms with Gasteiger partial charge in [0.25, 0.3) is 0 Å². The Bertz CT molecular complexity index is 714. The number of nitrogens with one attached hydrogen (secondary N) is 1. The van der Waals surface area contributed by atoms with Gasteiger partial charge in [0.15, 0.2) is 0 Å². The third kappa shape index (κ3) is 3.08. The summed E-state index contributed by atoms with van der Waals surface area (Å²) >= 11 is 5.87. The van der Waals surface area contributed by atoms with E-state index < -0.39 is 0 Å². The SMILES string of the molecule is O=C(Cn1nnc(-c2ccc(Cl)cc2)n1)N[C@H]1C[C@@H]2CC[C@@H]1C2. The van der Waals surface area contributed by atoms with Gasteiger partial charge in [-0.25, -0.2) is 0 Å². The van der Waals surface area contributed by atoms with Crippen molar-refractivity contribution >= 4 is 17.5 Å². The Morgan fingerprint density at radius 2 is 2.09 bits per heavy atom. The number of nitrogens with zero attached hydrogens (tertiary/aromatic N) is 4. The van der Waals surface area contributed by atoms with E-state index in [1.807, 2.05) is 12.1 Å². The summed E-state index contributed by atoms with van der Waals surface area (Å²) in [7, 11) is 0. The molecule has 7 heteroatoms. The quantitative estimate of drug-likeness (QED) is 0.933. The standard InChI is InChI=1S/C16H18ClN5O/c17-13-5-3-11(4-6-13)16-19-21-22(20-16)9-15(23)18-14-8-10-1-2-12(14)7-10/h3-6,10,12,14H,1-2,7-9H2,(H,18,23)/t10-,12-,14+/m1/s1. The topological polar surface area (TPSA) is 72.7 Å². The van der Waals surface area contributed by atoms with E-state index in [1.165, 1.54) is 24.1 Å². The highest BCUT2D eigenvalue weighted by atomic mass is 35.5. The zero-order valence-corrected chi connectivity index (χ0v) is 13.4. The van der Waals surface area contributed by atoms with E-state index in [1.54, 1.807) is 12.1 Å². The summed E-state index contributed by atoms with van der Waals surface area (Å²) in [6.07, 6.45) is 4.97. The van der Waals surface area contributed by atoms with Crippen molar-refractivity contribution in [3.05, 3.63) is 29.3 Å². The smallest absolute Gasteiger partial charge is 0.243 e. The van der Waals surface area contributed by atoms with Crippen LogP contribution in [0.25, 0.3) is 11.4 Å². The predicted molar refractivity (Wildman–Crippen MR) is 85.6 cm³/mol. The average Bonchev–Trinajstić information content (AvgIpc) is 3.24. The third-order valence-electron chi connectivity index (χ3n) is 4.92. The molecule has 1 amide bonds. The summed E-state index contributed by atoms with van der Waals surface area (Å²) in [6, 6.07) is 7.55. The maximum atomic E-state index is 12.2. The molecule has 0 spiro atoms. The fourth-order valence-corrected chi connectivity index (χ4v) is 3.95. The van der Waals surface area contributed by atoms with Crippen LogP contribution in [0.4, 0.5) is 0 Å². The molecule has 1 aromatic heterocycles. The normalized spacial score (nSPS) is 25.7. The number of benzene rings is 1. The fraction of sp³-hybridized carbons (Fsp3) is 0.500. The van der Waals surface area contributed by atoms with Crippen LogP contribution in [-0.2, 0) is 11.3 Å². The first-order valence-corrected chi connectivity index (χ1v) is 8.38. The number of rotatable bonds is 4. The zero-order chi connectivity index (χ0) is 15.8. The summed E-state index contributed by atoms with van der Waals surface area (Å²) < 4.78 is 0. The van der Waals surface area contributed by atoms with Gasteiger partial charge in [0, 0.05) is 16.6 Å². The number of amides is 1. The Balaban J connectivity index is 1.37. The Morgan fingerprint density at radius 1 is 1.26 bits per heavy atom. The molecular weight excluding hydrogens is 314 g/mol. The van der Waals surface area contributed by atoms with Crippen molar-refractivity contribution in [2.24, 2.45) is 11.8 Å². The largest absolute Gasteiger partial charge is 0.351 e. The summed E-state index contributed by atoms with van der Waals surface area (Å²) in [5, 5.41) is 16.0. The van der Waals surface area contributed by atoms with Gasteiger partial charge in [-0.1, -0.05) is 18.0 Å². The molecule has 1 aromatic carbocycles. The lowest BCUT2D eigenvalue weighted by Crippen LogP contribution is -2.40. The summed E-state index contributed by atoms with van der Waals surface area (Å²) in [4.78, 5) is 13.5.